The van der Waals surface area contributed by atoms with E-state index >= 15 is 0 Å². The maximum Gasteiger partial charge on any atom is 0.433 e. The lowest BCUT2D eigenvalue weighted by Crippen LogP contribution is -2.23. The fraction of sp³-hybridized carbons (Fsp3) is 0.481. The van der Waals surface area contributed by atoms with Crippen molar-refractivity contribution in [1.82, 2.24) is 4.90 Å². The van der Waals surface area contributed by atoms with Crippen molar-refractivity contribution in [1.29, 1.82) is 5.41 Å². The van der Waals surface area contributed by atoms with Crippen LogP contribution in [-0.4, -0.2) is 46.1 Å². The quantitative estimate of drug-likeness (QED) is 0.208. The van der Waals surface area contributed by atoms with Crippen molar-refractivity contribution in [3.8, 4) is 11.5 Å². The van der Waals surface area contributed by atoms with E-state index < -0.39 is 29.2 Å². The summed E-state index contributed by atoms with van der Waals surface area (Å²) in [5, 5.41) is 26.7. The van der Waals surface area contributed by atoms with Gasteiger partial charge in [0.2, 0.25) is 0 Å². The molecule has 1 aromatic rings. The van der Waals surface area contributed by atoms with Gasteiger partial charge in [-0.3, -0.25) is 10.2 Å². The molecule has 6 nitrogen and oxygen atoms in total. The van der Waals surface area contributed by atoms with E-state index in [1.54, 1.807) is 0 Å². The summed E-state index contributed by atoms with van der Waals surface area (Å²) in [6.07, 6.45) is 5.83. The van der Waals surface area contributed by atoms with Gasteiger partial charge in [-0.15, -0.1) is 0 Å². The first kappa shape index (κ1) is 30.8. The number of phenolic OH excluding ortho intramolecular Hbond substituents is 1. The van der Waals surface area contributed by atoms with Crippen molar-refractivity contribution in [2.75, 3.05) is 13.2 Å². The first-order chi connectivity index (χ1) is 17.1. The first-order valence-corrected chi connectivity index (χ1v) is 12.3. The lowest BCUT2D eigenvalue weighted by Gasteiger charge is -2.20. The predicted octanol–water partition coefficient (Wildman–Crippen LogP) is 6.98. The smallest absolute Gasteiger partial charge is 0.433 e. The summed E-state index contributed by atoms with van der Waals surface area (Å²) >= 11 is 0. The van der Waals surface area contributed by atoms with Crippen LogP contribution in [0.5, 0.6) is 11.5 Å². The van der Waals surface area contributed by atoms with E-state index in [-0.39, 0.29) is 12.0 Å². The van der Waals surface area contributed by atoms with Crippen LogP contribution in [0.1, 0.15) is 70.9 Å². The lowest BCUT2D eigenvalue weighted by molar-refractivity contribution is -0.136. The number of nitrogens with zero attached hydrogens (tertiary/aromatic N) is 1. The van der Waals surface area contributed by atoms with Gasteiger partial charge < -0.3 is 19.8 Å². The van der Waals surface area contributed by atoms with Crippen LogP contribution in [0.25, 0.3) is 0 Å². The molecule has 0 fully saturated rings. The molecular weight excluding hydrogens is 473 g/mol. The van der Waals surface area contributed by atoms with Gasteiger partial charge in [-0.25, -0.2) is 0 Å². The molecular formula is C27H37F3N2O4. The minimum absolute atomic E-state index is 0.00964. The molecule has 1 aliphatic rings. The van der Waals surface area contributed by atoms with Gasteiger partial charge in [0.25, 0.3) is 0 Å². The molecule has 0 amide bonds. The highest BCUT2D eigenvalue weighted by Crippen LogP contribution is 2.36. The first-order valence-electron chi connectivity index (χ1n) is 12.3. The van der Waals surface area contributed by atoms with E-state index in [9.17, 15) is 23.1 Å². The van der Waals surface area contributed by atoms with Crippen LogP contribution in [0.4, 0.5) is 13.2 Å². The van der Waals surface area contributed by atoms with Gasteiger partial charge >= 0.3 is 12.1 Å². The molecule has 0 spiro atoms. The van der Waals surface area contributed by atoms with Gasteiger partial charge in [-0.1, -0.05) is 51.8 Å². The molecule has 0 aliphatic carbocycles. The standard InChI is InChI=1S/C25H31F3N2O4.C2H6/c1-3-7-19-21(12-11-20(23(19)33)24(29)25(26,27)28)34-15-6-14-30-13-5-8-18(30)10-9-17(4-2)16-22(31)32;1-2/h5,9-13,29,33H,3-4,6-8,14-16H2,1-2H3,(H,31,32);1-2H3/b17-9+,18-10+,29-24?;. The fourth-order valence-electron chi connectivity index (χ4n) is 3.62. The van der Waals surface area contributed by atoms with Gasteiger partial charge in [-0.05, 0) is 37.5 Å². The summed E-state index contributed by atoms with van der Waals surface area (Å²) in [7, 11) is 0. The van der Waals surface area contributed by atoms with Gasteiger partial charge in [0.1, 0.15) is 17.2 Å². The fourth-order valence-corrected chi connectivity index (χ4v) is 3.62. The second-order valence-corrected chi connectivity index (χ2v) is 7.95. The van der Waals surface area contributed by atoms with Gasteiger partial charge in [0.15, 0.2) is 0 Å². The Morgan fingerprint density at radius 3 is 2.53 bits per heavy atom. The number of nitrogens with one attached hydrogen (secondary N) is 1. The van der Waals surface area contributed by atoms with E-state index in [4.69, 9.17) is 15.3 Å². The third-order valence-corrected chi connectivity index (χ3v) is 5.42. The number of aromatic hydroxyl groups is 1. The number of carbonyl (C=O) groups is 1. The SMILES string of the molecule is CC.CCCc1c(OCCCN2C=CC/C2=C\C=C(/CC)CC(=O)O)ccc(C(=N)C(F)(F)F)c1O. The monoisotopic (exact) mass is 510 g/mol. The van der Waals surface area contributed by atoms with Gasteiger partial charge in [0, 0.05) is 36.0 Å². The molecule has 200 valence electrons. The minimum atomic E-state index is -4.85. The Morgan fingerprint density at radius 2 is 1.94 bits per heavy atom. The molecule has 0 atom stereocenters. The highest BCUT2D eigenvalue weighted by Gasteiger charge is 2.37. The zero-order valence-electron chi connectivity index (χ0n) is 21.4. The number of hydrogen-bond donors (Lipinski definition) is 3. The van der Waals surface area contributed by atoms with E-state index in [0.717, 1.165) is 23.8 Å². The number of hydrogen-bond acceptors (Lipinski definition) is 5. The molecule has 0 unspecified atom stereocenters. The number of alkyl halides is 3. The summed E-state index contributed by atoms with van der Waals surface area (Å²) < 4.78 is 44.6. The highest BCUT2D eigenvalue weighted by atomic mass is 19.4. The van der Waals surface area contributed by atoms with Crippen LogP contribution in [0.3, 0.4) is 0 Å². The number of rotatable bonds is 12. The molecule has 36 heavy (non-hydrogen) atoms. The molecule has 0 radical (unpaired) electrons. The lowest BCUT2D eigenvalue weighted by atomic mass is 10.00. The largest absolute Gasteiger partial charge is 0.507 e. The summed E-state index contributed by atoms with van der Waals surface area (Å²) in [5.74, 6) is -1.11. The Kier molecular flexibility index (Phi) is 12.8. The Hall–Kier alpha value is -3.23. The molecule has 0 bridgehead atoms. The summed E-state index contributed by atoms with van der Waals surface area (Å²) in [4.78, 5) is 13.0. The molecule has 2 rings (SSSR count). The third kappa shape index (κ3) is 9.09. The van der Waals surface area contributed by atoms with Crippen molar-refractivity contribution in [3.05, 3.63) is 59.0 Å². The third-order valence-electron chi connectivity index (χ3n) is 5.42. The molecule has 9 heteroatoms. The maximum absolute atomic E-state index is 12.9. The zero-order chi connectivity index (χ0) is 27.3. The Labute approximate surface area is 211 Å². The molecule has 0 saturated carbocycles. The second-order valence-electron chi connectivity index (χ2n) is 7.95. The van der Waals surface area contributed by atoms with Crippen LogP contribution in [-0.2, 0) is 11.2 Å². The Bertz CT molecular complexity index is 982. The number of ether oxygens (including phenoxy) is 1. The number of phenols is 1. The van der Waals surface area contributed by atoms with Crippen LogP contribution in [0.15, 0.2) is 47.8 Å². The van der Waals surface area contributed by atoms with Crippen molar-refractivity contribution in [2.45, 2.75) is 72.4 Å². The summed E-state index contributed by atoms with van der Waals surface area (Å²) in [6.45, 7) is 8.69. The van der Waals surface area contributed by atoms with Crippen molar-refractivity contribution < 1.29 is 32.9 Å². The number of aliphatic carboxylic acids is 1. The van der Waals surface area contributed by atoms with Crippen LogP contribution < -0.4 is 4.74 Å². The number of allylic oxidation sites excluding steroid dienone is 3. The maximum atomic E-state index is 12.9. The van der Waals surface area contributed by atoms with Crippen LogP contribution in [0, 0.1) is 5.41 Å². The van der Waals surface area contributed by atoms with Gasteiger partial charge in [0.05, 0.1) is 13.0 Å². The zero-order valence-corrected chi connectivity index (χ0v) is 21.4. The van der Waals surface area contributed by atoms with Crippen molar-refractivity contribution in [3.63, 3.8) is 0 Å². The van der Waals surface area contributed by atoms with Crippen molar-refractivity contribution in [2.24, 2.45) is 0 Å². The molecule has 0 aromatic heterocycles. The van der Waals surface area contributed by atoms with E-state index in [2.05, 4.69) is 0 Å². The highest BCUT2D eigenvalue weighted by molar-refractivity contribution is 6.04. The predicted molar refractivity (Wildman–Crippen MR) is 136 cm³/mol. The van der Waals surface area contributed by atoms with Crippen molar-refractivity contribution >= 4 is 11.7 Å². The van der Waals surface area contributed by atoms with Crippen LogP contribution in [0.2, 0.25) is 0 Å². The number of benzene rings is 1. The Balaban J connectivity index is 0.00000316. The molecule has 1 aliphatic heterocycles. The normalized spacial score (nSPS) is 14.6. The molecule has 3 N–H and O–H groups in total. The summed E-state index contributed by atoms with van der Waals surface area (Å²) in [5.41, 5.74) is 0.00263. The molecule has 1 heterocycles. The Morgan fingerprint density at radius 1 is 1.25 bits per heavy atom. The van der Waals surface area contributed by atoms with Gasteiger partial charge in [-0.2, -0.15) is 13.2 Å². The van der Waals surface area contributed by atoms with E-state index in [1.165, 1.54) is 6.07 Å². The van der Waals surface area contributed by atoms with Crippen LogP contribution >= 0.6 is 0 Å². The average Bonchev–Trinajstić information content (AvgIpc) is 3.28. The topological polar surface area (TPSA) is 93.9 Å². The number of halogens is 3. The summed E-state index contributed by atoms with van der Waals surface area (Å²) in [6, 6.07) is 2.44. The minimum Gasteiger partial charge on any atom is -0.507 e. The number of carboxylic acids is 1. The molecule has 1 aromatic carbocycles. The second kappa shape index (κ2) is 15.0. The van der Waals surface area contributed by atoms with E-state index in [0.29, 0.717) is 44.6 Å². The number of carboxylic acid groups (broad SMARTS) is 1. The average molecular weight is 511 g/mol. The molecule has 0 saturated heterocycles. The van der Waals surface area contributed by atoms with E-state index in [1.807, 2.05) is 57.0 Å².